The van der Waals surface area contributed by atoms with Gasteiger partial charge in [0.05, 0.1) is 5.69 Å². The lowest BCUT2D eigenvalue weighted by Gasteiger charge is -2.09. The maximum atomic E-state index is 12.2. The van der Waals surface area contributed by atoms with E-state index in [0.29, 0.717) is 5.69 Å². The second-order valence-electron chi connectivity index (χ2n) is 3.13. The number of rotatable bonds is 5. The molecule has 5 nitrogen and oxygen atoms in total. The highest BCUT2D eigenvalue weighted by Gasteiger charge is 2.11. The molecule has 2 aromatic rings. The smallest absolute Gasteiger partial charge is 0.387 e. The minimum Gasteiger partial charge on any atom is -0.433 e. The average molecular weight is 276 g/mol. The maximum absolute atomic E-state index is 12.2. The van der Waals surface area contributed by atoms with Crippen molar-refractivity contribution in [3.05, 3.63) is 30.2 Å². The molecule has 0 saturated carbocycles. The van der Waals surface area contributed by atoms with Gasteiger partial charge in [-0.05, 0) is 12.1 Å². The molecule has 0 aliphatic heterocycles. The lowest BCUT2D eigenvalue weighted by molar-refractivity contribution is -0.0493. The number of hydrogen-bond donors (Lipinski definition) is 1. The van der Waals surface area contributed by atoms with E-state index in [1.807, 2.05) is 0 Å². The zero-order chi connectivity index (χ0) is 13.0. The molecule has 1 aromatic heterocycles. The van der Waals surface area contributed by atoms with Crippen LogP contribution < -0.4 is 10.1 Å². The first-order chi connectivity index (χ1) is 8.69. The normalized spacial score (nSPS) is 10.7. The van der Waals surface area contributed by atoms with Gasteiger partial charge in [-0.15, -0.1) is 16.7 Å². The van der Waals surface area contributed by atoms with E-state index in [9.17, 15) is 8.78 Å². The van der Waals surface area contributed by atoms with Crippen LogP contribution in [0.25, 0.3) is 0 Å². The van der Waals surface area contributed by atoms with Crippen molar-refractivity contribution in [1.82, 2.24) is 10.2 Å². The van der Waals surface area contributed by atoms with Gasteiger partial charge in [-0.2, -0.15) is 8.78 Å². The Labute approximate surface area is 106 Å². The number of hydrogen-bond acceptors (Lipinski definition) is 5. The Kier molecular flexibility index (Phi) is 3.93. The summed E-state index contributed by atoms with van der Waals surface area (Å²) in [6, 6.07) is 6.21. The molecule has 0 radical (unpaired) electrons. The third-order valence-corrected chi connectivity index (χ3v) is 2.15. The second kappa shape index (κ2) is 5.63. The minimum atomic E-state index is -2.91. The summed E-state index contributed by atoms with van der Waals surface area (Å²) in [5.41, 5.74) is 0.294. The number of halogens is 3. The van der Waals surface area contributed by atoms with Crippen LogP contribution in [0.5, 0.6) is 5.75 Å². The fourth-order valence-electron chi connectivity index (χ4n) is 1.24. The van der Waals surface area contributed by atoms with E-state index >= 15 is 0 Å². The van der Waals surface area contributed by atoms with E-state index in [0.717, 1.165) is 0 Å². The van der Waals surface area contributed by atoms with Crippen LogP contribution in [0.2, 0.25) is 0 Å². The topological polar surface area (TPSA) is 60.2 Å². The van der Waals surface area contributed by atoms with Gasteiger partial charge >= 0.3 is 12.6 Å². The van der Waals surface area contributed by atoms with Gasteiger partial charge in [-0.1, -0.05) is 17.2 Å². The molecule has 18 heavy (non-hydrogen) atoms. The Hall–Kier alpha value is -1.89. The van der Waals surface area contributed by atoms with Crippen LogP contribution in [0.1, 0.15) is 5.89 Å². The highest BCUT2D eigenvalue weighted by molar-refractivity contribution is 6.16. The van der Waals surface area contributed by atoms with Crippen LogP contribution in [0.4, 0.5) is 20.5 Å². The standard InChI is InChI=1S/C10H8ClF2N3O2/c11-5-8-15-16-10(18-8)14-6-3-1-2-4-7(6)17-9(12)13/h1-4,9H,5H2,(H,14,16). The van der Waals surface area contributed by atoms with Crippen molar-refractivity contribution in [2.24, 2.45) is 0 Å². The summed E-state index contributed by atoms with van der Waals surface area (Å²) in [5, 5.41) is 9.94. The number of aromatic nitrogens is 2. The van der Waals surface area contributed by atoms with E-state index in [-0.39, 0.29) is 23.5 Å². The zero-order valence-corrected chi connectivity index (χ0v) is 9.69. The van der Waals surface area contributed by atoms with E-state index in [2.05, 4.69) is 20.3 Å². The summed E-state index contributed by atoms with van der Waals surface area (Å²) >= 11 is 5.50. The molecular formula is C10H8ClF2N3O2. The number of benzene rings is 1. The molecule has 0 amide bonds. The molecule has 1 heterocycles. The molecule has 2 rings (SSSR count). The summed E-state index contributed by atoms with van der Waals surface area (Å²) < 4.78 is 33.8. The SMILES string of the molecule is FC(F)Oc1ccccc1Nc1nnc(CCl)o1. The van der Waals surface area contributed by atoms with E-state index in [1.165, 1.54) is 6.07 Å². The van der Waals surface area contributed by atoms with Crippen LogP contribution in [0.3, 0.4) is 0 Å². The van der Waals surface area contributed by atoms with Crippen molar-refractivity contribution in [3.8, 4) is 5.75 Å². The highest BCUT2D eigenvalue weighted by atomic mass is 35.5. The zero-order valence-electron chi connectivity index (χ0n) is 8.94. The molecule has 0 fully saturated rings. The Morgan fingerprint density at radius 2 is 2.11 bits per heavy atom. The molecule has 0 aliphatic rings. The number of nitrogens with zero attached hydrogens (tertiary/aromatic N) is 2. The van der Waals surface area contributed by atoms with E-state index in [4.69, 9.17) is 16.0 Å². The molecule has 8 heteroatoms. The Balaban J connectivity index is 2.17. The summed E-state index contributed by atoms with van der Waals surface area (Å²) in [6.07, 6.45) is 0. The third-order valence-electron chi connectivity index (χ3n) is 1.93. The van der Waals surface area contributed by atoms with Crippen molar-refractivity contribution in [2.45, 2.75) is 12.5 Å². The van der Waals surface area contributed by atoms with Gasteiger partial charge < -0.3 is 14.5 Å². The average Bonchev–Trinajstić information content (AvgIpc) is 2.79. The first-order valence-corrected chi connectivity index (χ1v) is 5.41. The Morgan fingerprint density at radius 3 is 2.78 bits per heavy atom. The monoisotopic (exact) mass is 275 g/mol. The largest absolute Gasteiger partial charge is 0.433 e. The summed E-state index contributed by atoms with van der Waals surface area (Å²) in [4.78, 5) is 0. The highest BCUT2D eigenvalue weighted by Crippen LogP contribution is 2.28. The summed E-state index contributed by atoms with van der Waals surface area (Å²) in [6.45, 7) is -2.91. The van der Waals surface area contributed by atoms with Crippen molar-refractivity contribution in [3.63, 3.8) is 0 Å². The van der Waals surface area contributed by atoms with Crippen LogP contribution in [0.15, 0.2) is 28.7 Å². The predicted octanol–water partition coefficient (Wildman–Crippen LogP) is 3.15. The Bertz CT molecular complexity index is 521. The predicted molar refractivity (Wildman–Crippen MR) is 60.2 cm³/mol. The lowest BCUT2D eigenvalue weighted by atomic mass is 10.3. The van der Waals surface area contributed by atoms with Gasteiger partial charge in [-0.3, -0.25) is 0 Å². The number of ether oxygens (including phenoxy) is 1. The molecule has 0 aliphatic carbocycles. The van der Waals surface area contributed by atoms with E-state index < -0.39 is 6.61 Å². The van der Waals surface area contributed by atoms with Crippen molar-refractivity contribution in [2.75, 3.05) is 5.32 Å². The molecule has 1 aromatic carbocycles. The van der Waals surface area contributed by atoms with Crippen molar-refractivity contribution >= 4 is 23.3 Å². The fraction of sp³-hybridized carbons (Fsp3) is 0.200. The first-order valence-electron chi connectivity index (χ1n) is 4.88. The minimum absolute atomic E-state index is 0.0156. The first kappa shape index (κ1) is 12.6. The lowest BCUT2D eigenvalue weighted by Crippen LogP contribution is -2.04. The van der Waals surface area contributed by atoms with Crippen LogP contribution in [0, 0.1) is 0 Å². The third kappa shape index (κ3) is 3.07. The summed E-state index contributed by atoms with van der Waals surface area (Å²) in [5.74, 6) is 0.286. The molecule has 0 unspecified atom stereocenters. The van der Waals surface area contributed by atoms with Gasteiger partial charge in [0, 0.05) is 0 Å². The second-order valence-corrected chi connectivity index (χ2v) is 3.40. The molecule has 0 spiro atoms. The molecular weight excluding hydrogens is 268 g/mol. The number of nitrogens with one attached hydrogen (secondary N) is 1. The quantitative estimate of drug-likeness (QED) is 0.850. The van der Waals surface area contributed by atoms with Crippen molar-refractivity contribution < 1.29 is 17.9 Å². The van der Waals surface area contributed by atoms with Crippen LogP contribution in [-0.4, -0.2) is 16.8 Å². The van der Waals surface area contributed by atoms with Crippen LogP contribution >= 0.6 is 11.6 Å². The summed E-state index contributed by atoms with van der Waals surface area (Å²) in [7, 11) is 0. The molecule has 0 bridgehead atoms. The molecule has 0 atom stereocenters. The number of alkyl halides is 3. The molecule has 1 N–H and O–H groups in total. The maximum Gasteiger partial charge on any atom is 0.387 e. The van der Waals surface area contributed by atoms with Crippen LogP contribution in [-0.2, 0) is 5.88 Å². The van der Waals surface area contributed by atoms with Gasteiger partial charge in [0.2, 0.25) is 5.89 Å². The van der Waals surface area contributed by atoms with Gasteiger partial charge in [0.15, 0.2) is 0 Å². The number of anilines is 2. The van der Waals surface area contributed by atoms with E-state index in [1.54, 1.807) is 18.2 Å². The van der Waals surface area contributed by atoms with Gasteiger partial charge in [0.1, 0.15) is 11.6 Å². The molecule has 96 valence electrons. The number of para-hydroxylation sites is 2. The molecule has 0 saturated heterocycles. The van der Waals surface area contributed by atoms with Gasteiger partial charge in [-0.25, -0.2) is 0 Å². The Morgan fingerprint density at radius 1 is 1.33 bits per heavy atom. The van der Waals surface area contributed by atoms with Crippen molar-refractivity contribution in [1.29, 1.82) is 0 Å². The fourth-order valence-corrected chi connectivity index (χ4v) is 1.35. The van der Waals surface area contributed by atoms with Gasteiger partial charge in [0.25, 0.3) is 0 Å².